The molecule has 0 bridgehead atoms. The second-order valence-electron chi connectivity index (χ2n) is 2.35. The van der Waals surface area contributed by atoms with Crippen LogP contribution in [0.25, 0.3) is 5.65 Å². The zero-order valence-corrected chi connectivity index (χ0v) is 6.07. The predicted octanol–water partition coefficient (Wildman–Crippen LogP) is 1.29. The zero-order chi connectivity index (χ0) is 8.55. The SMILES string of the molecule is O=Cc1cnc2c(F)cccn12. The van der Waals surface area contributed by atoms with Crippen LogP contribution in [0.4, 0.5) is 4.39 Å². The molecule has 3 nitrogen and oxygen atoms in total. The lowest BCUT2D eigenvalue weighted by atomic mass is 10.4. The molecule has 0 fully saturated rings. The number of pyridine rings is 1. The van der Waals surface area contributed by atoms with Crippen LogP contribution in [0.3, 0.4) is 0 Å². The van der Waals surface area contributed by atoms with Gasteiger partial charge in [-0.25, -0.2) is 9.37 Å². The third kappa shape index (κ3) is 0.812. The topological polar surface area (TPSA) is 34.4 Å². The van der Waals surface area contributed by atoms with Gasteiger partial charge < -0.3 is 0 Å². The summed E-state index contributed by atoms with van der Waals surface area (Å²) in [6.07, 6.45) is 3.57. The molecule has 0 unspecified atom stereocenters. The Morgan fingerprint density at radius 2 is 2.42 bits per heavy atom. The number of nitrogens with zero attached hydrogens (tertiary/aromatic N) is 2. The number of aromatic nitrogens is 2. The Morgan fingerprint density at radius 3 is 3.17 bits per heavy atom. The normalized spacial score (nSPS) is 10.4. The number of halogens is 1. The van der Waals surface area contributed by atoms with E-state index >= 15 is 0 Å². The quantitative estimate of drug-likeness (QED) is 0.595. The van der Waals surface area contributed by atoms with Gasteiger partial charge in [0.1, 0.15) is 5.69 Å². The molecule has 0 aliphatic rings. The number of carbonyl (C=O) groups is 1. The lowest BCUT2D eigenvalue weighted by Crippen LogP contribution is -1.91. The highest BCUT2D eigenvalue weighted by atomic mass is 19.1. The van der Waals surface area contributed by atoms with Crippen molar-refractivity contribution in [2.45, 2.75) is 0 Å². The maximum atomic E-state index is 12.9. The van der Waals surface area contributed by atoms with Gasteiger partial charge in [-0.3, -0.25) is 9.20 Å². The van der Waals surface area contributed by atoms with Crippen LogP contribution in [0.2, 0.25) is 0 Å². The Hall–Kier alpha value is -1.71. The highest BCUT2D eigenvalue weighted by molar-refractivity contribution is 5.73. The first-order chi connectivity index (χ1) is 5.83. The molecule has 2 rings (SSSR count). The fourth-order valence-corrected chi connectivity index (χ4v) is 1.08. The maximum Gasteiger partial charge on any atom is 0.173 e. The summed E-state index contributed by atoms with van der Waals surface area (Å²) in [5, 5.41) is 0. The molecule has 12 heavy (non-hydrogen) atoms. The molecule has 2 aromatic heterocycles. The molecular formula is C8H5FN2O. The number of hydrogen-bond acceptors (Lipinski definition) is 2. The predicted molar refractivity (Wildman–Crippen MR) is 40.5 cm³/mol. The van der Waals surface area contributed by atoms with E-state index in [9.17, 15) is 9.18 Å². The van der Waals surface area contributed by atoms with E-state index in [1.165, 1.54) is 22.7 Å². The Labute approximate surface area is 67.5 Å². The van der Waals surface area contributed by atoms with Gasteiger partial charge in [-0.05, 0) is 12.1 Å². The van der Waals surface area contributed by atoms with Crippen molar-refractivity contribution < 1.29 is 9.18 Å². The molecule has 0 amide bonds. The second-order valence-corrected chi connectivity index (χ2v) is 2.35. The minimum Gasteiger partial charge on any atom is -0.296 e. The van der Waals surface area contributed by atoms with Crippen molar-refractivity contribution in [3.05, 3.63) is 36.0 Å². The number of aldehydes is 1. The molecule has 2 aromatic rings. The van der Waals surface area contributed by atoms with E-state index < -0.39 is 5.82 Å². The Balaban J connectivity index is 2.88. The van der Waals surface area contributed by atoms with Crippen molar-refractivity contribution in [3.8, 4) is 0 Å². The smallest absolute Gasteiger partial charge is 0.173 e. The summed E-state index contributed by atoms with van der Waals surface area (Å²) in [6.45, 7) is 0. The number of hydrogen-bond donors (Lipinski definition) is 0. The molecule has 4 heteroatoms. The van der Waals surface area contributed by atoms with Crippen molar-refractivity contribution in [3.63, 3.8) is 0 Å². The van der Waals surface area contributed by atoms with Gasteiger partial charge in [0.25, 0.3) is 0 Å². The molecule has 0 atom stereocenters. The van der Waals surface area contributed by atoms with E-state index in [-0.39, 0.29) is 5.65 Å². The van der Waals surface area contributed by atoms with E-state index in [2.05, 4.69) is 4.98 Å². The third-order valence-corrected chi connectivity index (χ3v) is 1.64. The van der Waals surface area contributed by atoms with Crippen LogP contribution in [0, 0.1) is 5.82 Å². The van der Waals surface area contributed by atoms with Gasteiger partial charge in [-0.2, -0.15) is 0 Å². The summed E-state index contributed by atoms with van der Waals surface area (Å²) in [4.78, 5) is 14.2. The van der Waals surface area contributed by atoms with Crippen LogP contribution < -0.4 is 0 Å². The average Bonchev–Trinajstić information content (AvgIpc) is 2.49. The molecule has 2 heterocycles. The molecule has 0 radical (unpaired) electrons. The Bertz CT molecular complexity index is 436. The number of rotatable bonds is 1. The average molecular weight is 164 g/mol. The summed E-state index contributed by atoms with van der Waals surface area (Å²) in [5.74, 6) is -0.425. The fourth-order valence-electron chi connectivity index (χ4n) is 1.08. The summed E-state index contributed by atoms with van der Waals surface area (Å²) in [7, 11) is 0. The minimum atomic E-state index is -0.425. The number of carbonyl (C=O) groups excluding carboxylic acids is 1. The van der Waals surface area contributed by atoms with Gasteiger partial charge in [0.2, 0.25) is 0 Å². The zero-order valence-electron chi connectivity index (χ0n) is 6.07. The highest BCUT2D eigenvalue weighted by Gasteiger charge is 2.04. The fraction of sp³-hybridized carbons (Fsp3) is 0. The van der Waals surface area contributed by atoms with Crippen molar-refractivity contribution in [2.24, 2.45) is 0 Å². The Kier molecular flexibility index (Phi) is 1.40. The van der Waals surface area contributed by atoms with Gasteiger partial charge in [-0.15, -0.1) is 0 Å². The third-order valence-electron chi connectivity index (χ3n) is 1.64. The summed E-state index contributed by atoms with van der Waals surface area (Å²) >= 11 is 0. The van der Waals surface area contributed by atoms with E-state index in [4.69, 9.17) is 0 Å². The van der Waals surface area contributed by atoms with Crippen LogP contribution in [-0.4, -0.2) is 15.7 Å². The Morgan fingerprint density at radius 1 is 1.58 bits per heavy atom. The molecule has 0 aromatic carbocycles. The van der Waals surface area contributed by atoms with Crippen molar-refractivity contribution >= 4 is 11.9 Å². The van der Waals surface area contributed by atoms with Gasteiger partial charge in [0, 0.05) is 6.20 Å². The van der Waals surface area contributed by atoms with Gasteiger partial charge in [0.05, 0.1) is 6.20 Å². The molecule has 60 valence electrons. The monoisotopic (exact) mass is 164 g/mol. The molecular weight excluding hydrogens is 159 g/mol. The summed E-state index contributed by atoms with van der Waals surface area (Å²) in [5.41, 5.74) is 0.532. The molecule has 0 spiro atoms. The molecule has 0 saturated carbocycles. The molecule has 0 saturated heterocycles. The van der Waals surface area contributed by atoms with Crippen molar-refractivity contribution in [1.82, 2.24) is 9.38 Å². The van der Waals surface area contributed by atoms with E-state index in [0.29, 0.717) is 12.0 Å². The van der Waals surface area contributed by atoms with E-state index in [1.807, 2.05) is 0 Å². The minimum absolute atomic E-state index is 0.180. The maximum absolute atomic E-state index is 12.9. The first-order valence-corrected chi connectivity index (χ1v) is 3.39. The van der Waals surface area contributed by atoms with E-state index in [1.54, 1.807) is 6.20 Å². The second kappa shape index (κ2) is 2.41. The van der Waals surface area contributed by atoms with Crippen LogP contribution in [0.5, 0.6) is 0 Å². The van der Waals surface area contributed by atoms with E-state index in [0.717, 1.165) is 0 Å². The van der Waals surface area contributed by atoms with Crippen LogP contribution >= 0.6 is 0 Å². The molecule has 0 aliphatic heterocycles. The summed E-state index contributed by atoms with van der Waals surface area (Å²) < 4.78 is 14.3. The highest BCUT2D eigenvalue weighted by Crippen LogP contribution is 2.08. The van der Waals surface area contributed by atoms with Crippen LogP contribution in [-0.2, 0) is 0 Å². The number of imidazole rings is 1. The first-order valence-electron chi connectivity index (χ1n) is 3.39. The summed E-state index contributed by atoms with van der Waals surface area (Å²) in [6, 6.07) is 2.83. The molecule has 0 N–H and O–H groups in total. The largest absolute Gasteiger partial charge is 0.296 e. The lowest BCUT2D eigenvalue weighted by molar-refractivity contribution is 0.111. The molecule has 0 aliphatic carbocycles. The van der Waals surface area contributed by atoms with Crippen molar-refractivity contribution in [1.29, 1.82) is 0 Å². The lowest BCUT2D eigenvalue weighted by Gasteiger charge is -1.93. The van der Waals surface area contributed by atoms with Gasteiger partial charge in [0.15, 0.2) is 17.8 Å². The number of fused-ring (bicyclic) bond motifs is 1. The standard InChI is InChI=1S/C8H5FN2O/c9-7-2-1-3-11-6(5-12)4-10-8(7)11/h1-5H. The van der Waals surface area contributed by atoms with Crippen molar-refractivity contribution in [2.75, 3.05) is 0 Å². The van der Waals surface area contributed by atoms with Crippen LogP contribution in [0.15, 0.2) is 24.5 Å². The van der Waals surface area contributed by atoms with Gasteiger partial charge >= 0.3 is 0 Å². The first kappa shape index (κ1) is 6.97. The van der Waals surface area contributed by atoms with Crippen LogP contribution in [0.1, 0.15) is 10.5 Å². The van der Waals surface area contributed by atoms with Gasteiger partial charge in [-0.1, -0.05) is 0 Å².